The molecule has 1 unspecified atom stereocenters. The van der Waals surface area contributed by atoms with E-state index in [4.69, 9.17) is 11.6 Å². The molecule has 0 saturated carbocycles. The molecule has 0 spiro atoms. The summed E-state index contributed by atoms with van der Waals surface area (Å²) in [5.74, 6) is 0.293. The largest absolute Gasteiger partial charge is 0.335 e. The summed E-state index contributed by atoms with van der Waals surface area (Å²) in [7, 11) is -3.40. The number of amides is 1. The van der Waals surface area contributed by atoms with Crippen LogP contribution in [-0.2, 0) is 21.2 Å². The van der Waals surface area contributed by atoms with E-state index in [9.17, 15) is 13.2 Å². The van der Waals surface area contributed by atoms with Gasteiger partial charge in [-0.2, -0.15) is 0 Å². The summed E-state index contributed by atoms with van der Waals surface area (Å²) in [6.07, 6.45) is 7.61. The fourth-order valence-electron chi connectivity index (χ4n) is 3.73. The van der Waals surface area contributed by atoms with Crippen molar-refractivity contribution < 1.29 is 13.2 Å². The van der Waals surface area contributed by atoms with Crippen LogP contribution in [0.5, 0.6) is 0 Å². The predicted octanol–water partition coefficient (Wildman–Crippen LogP) is 2.37. The summed E-state index contributed by atoms with van der Waals surface area (Å²) in [4.78, 5) is 16.7. The molecule has 6 nitrogen and oxygen atoms in total. The van der Waals surface area contributed by atoms with E-state index in [1.54, 1.807) is 23.3 Å². The SMILES string of the molecule is O=C(C1=CN2CCS(=O)(=O)N=C2C=C1)N1CCCC1Cc1ccccc1Cl. The van der Waals surface area contributed by atoms with Crippen LogP contribution in [0.2, 0.25) is 5.02 Å². The monoisotopic (exact) mass is 405 g/mol. The normalized spacial score (nSPS) is 23.7. The van der Waals surface area contributed by atoms with Gasteiger partial charge >= 0.3 is 0 Å². The second-order valence-electron chi connectivity index (χ2n) is 6.94. The summed E-state index contributed by atoms with van der Waals surface area (Å²) in [6, 6.07) is 7.85. The fourth-order valence-corrected chi connectivity index (χ4v) is 4.91. The van der Waals surface area contributed by atoms with Crippen molar-refractivity contribution in [2.24, 2.45) is 4.40 Å². The minimum absolute atomic E-state index is 0.0340. The van der Waals surface area contributed by atoms with Gasteiger partial charge in [0.25, 0.3) is 15.9 Å². The van der Waals surface area contributed by atoms with Crippen LogP contribution in [-0.4, -0.2) is 54.8 Å². The van der Waals surface area contributed by atoms with Gasteiger partial charge in [-0.3, -0.25) is 4.79 Å². The predicted molar refractivity (Wildman–Crippen MR) is 105 cm³/mol. The summed E-state index contributed by atoms with van der Waals surface area (Å²) >= 11 is 6.28. The number of carbonyl (C=O) groups is 1. The third-order valence-corrected chi connectivity index (χ3v) is 6.65. The fraction of sp³-hybridized carbons (Fsp3) is 0.368. The van der Waals surface area contributed by atoms with Gasteiger partial charge in [-0.1, -0.05) is 29.8 Å². The van der Waals surface area contributed by atoms with Crippen LogP contribution < -0.4 is 0 Å². The Labute approximate surface area is 163 Å². The first-order valence-corrected chi connectivity index (χ1v) is 11.0. The van der Waals surface area contributed by atoms with Gasteiger partial charge in [0.2, 0.25) is 0 Å². The molecular formula is C19H20ClN3O3S. The lowest BCUT2D eigenvalue weighted by molar-refractivity contribution is -0.127. The van der Waals surface area contributed by atoms with Gasteiger partial charge in [0.1, 0.15) is 5.84 Å². The smallest absolute Gasteiger partial charge is 0.256 e. The second-order valence-corrected chi connectivity index (χ2v) is 9.10. The molecule has 1 fully saturated rings. The van der Waals surface area contributed by atoms with Crippen LogP contribution in [0.15, 0.2) is 52.6 Å². The van der Waals surface area contributed by atoms with E-state index < -0.39 is 10.0 Å². The van der Waals surface area contributed by atoms with Crippen molar-refractivity contribution in [2.75, 3.05) is 18.8 Å². The van der Waals surface area contributed by atoms with Gasteiger partial charge < -0.3 is 9.80 Å². The molecule has 0 bridgehead atoms. The molecule has 4 rings (SSSR count). The van der Waals surface area contributed by atoms with Gasteiger partial charge in [0.05, 0.1) is 11.3 Å². The highest BCUT2D eigenvalue weighted by Crippen LogP contribution is 2.27. The number of carbonyl (C=O) groups excluding carboxylic acids is 1. The standard InChI is InChI=1S/C19H20ClN3O3S/c20-17-6-2-1-4-14(17)12-16-5-3-9-23(16)19(24)15-7-8-18-21-27(25,26)11-10-22(18)13-15/h1-2,4,6-8,13,16H,3,5,9-12H2. The van der Waals surface area contributed by atoms with Crippen LogP contribution in [0, 0.1) is 0 Å². The van der Waals surface area contributed by atoms with Crippen molar-refractivity contribution in [2.45, 2.75) is 25.3 Å². The molecule has 1 atom stereocenters. The van der Waals surface area contributed by atoms with Crippen LogP contribution in [0.1, 0.15) is 18.4 Å². The van der Waals surface area contributed by atoms with Crippen LogP contribution in [0.3, 0.4) is 0 Å². The van der Waals surface area contributed by atoms with E-state index >= 15 is 0 Å². The zero-order valence-electron chi connectivity index (χ0n) is 14.7. The molecule has 1 aromatic rings. The molecule has 0 N–H and O–H groups in total. The van der Waals surface area contributed by atoms with Crippen molar-refractivity contribution in [3.05, 3.63) is 58.8 Å². The van der Waals surface area contributed by atoms with E-state index in [2.05, 4.69) is 4.40 Å². The molecule has 1 aromatic carbocycles. The molecule has 1 saturated heterocycles. The Morgan fingerprint density at radius 3 is 2.85 bits per heavy atom. The zero-order chi connectivity index (χ0) is 19.0. The molecule has 3 aliphatic heterocycles. The van der Waals surface area contributed by atoms with Crippen molar-refractivity contribution in [3.63, 3.8) is 0 Å². The molecule has 142 valence electrons. The summed E-state index contributed by atoms with van der Waals surface area (Å²) in [5, 5.41) is 0.726. The Morgan fingerprint density at radius 1 is 1.22 bits per heavy atom. The molecule has 0 radical (unpaired) electrons. The lowest BCUT2D eigenvalue weighted by Crippen LogP contribution is -2.41. The number of fused-ring (bicyclic) bond motifs is 1. The maximum Gasteiger partial charge on any atom is 0.256 e. The number of benzene rings is 1. The van der Waals surface area contributed by atoms with Gasteiger partial charge in [0, 0.05) is 30.4 Å². The second kappa shape index (κ2) is 7.13. The Morgan fingerprint density at radius 2 is 2.04 bits per heavy atom. The average Bonchev–Trinajstić information content (AvgIpc) is 3.10. The molecule has 1 amide bonds. The third kappa shape index (κ3) is 3.80. The number of nitrogens with zero attached hydrogens (tertiary/aromatic N) is 3. The van der Waals surface area contributed by atoms with Crippen molar-refractivity contribution in [1.82, 2.24) is 9.80 Å². The summed E-state index contributed by atoms with van der Waals surface area (Å²) < 4.78 is 27.0. The summed E-state index contributed by atoms with van der Waals surface area (Å²) in [5.41, 5.74) is 1.60. The molecule has 27 heavy (non-hydrogen) atoms. The van der Waals surface area contributed by atoms with E-state index in [0.717, 1.165) is 29.8 Å². The van der Waals surface area contributed by atoms with Crippen molar-refractivity contribution >= 4 is 33.4 Å². The van der Waals surface area contributed by atoms with Gasteiger partial charge in [0.15, 0.2) is 0 Å². The Bertz CT molecular complexity index is 968. The first-order valence-electron chi connectivity index (χ1n) is 8.96. The van der Waals surface area contributed by atoms with Gasteiger partial charge in [-0.05, 0) is 43.0 Å². The number of likely N-dealkylation sites (tertiary alicyclic amines) is 1. The lowest BCUT2D eigenvalue weighted by atomic mass is 10.0. The van der Waals surface area contributed by atoms with Gasteiger partial charge in [-0.25, -0.2) is 8.42 Å². The molecule has 3 heterocycles. The highest BCUT2D eigenvalue weighted by molar-refractivity contribution is 7.90. The Hall–Kier alpha value is -2.12. The maximum atomic E-state index is 13.1. The van der Waals surface area contributed by atoms with Crippen LogP contribution in [0.4, 0.5) is 0 Å². The first kappa shape index (κ1) is 18.3. The number of hydrogen-bond acceptors (Lipinski definition) is 4. The number of sulfonamides is 1. The van der Waals surface area contributed by atoms with Crippen LogP contribution >= 0.6 is 11.6 Å². The maximum absolute atomic E-state index is 13.1. The minimum atomic E-state index is -3.40. The van der Waals surface area contributed by atoms with E-state index in [0.29, 0.717) is 24.5 Å². The van der Waals surface area contributed by atoms with Crippen LogP contribution in [0.25, 0.3) is 0 Å². The number of amidine groups is 1. The third-order valence-electron chi connectivity index (χ3n) is 5.12. The van der Waals surface area contributed by atoms with Crippen molar-refractivity contribution in [3.8, 4) is 0 Å². The molecule has 3 aliphatic rings. The Kier molecular flexibility index (Phi) is 4.82. The molecule has 8 heteroatoms. The lowest BCUT2D eigenvalue weighted by Gasteiger charge is -2.30. The van der Waals surface area contributed by atoms with E-state index in [1.165, 1.54) is 0 Å². The first-order chi connectivity index (χ1) is 12.9. The minimum Gasteiger partial charge on any atom is -0.335 e. The summed E-state index contributed by atoms with van der Waals surface area (Å²) in [6.45, 7) is 1.03. The van der Waals surface area contributed by atoms with E-state index in [-0.39, 0.29) is 17.7 Å². The quantitative estimate of drug-likeness (QED) is 0.774. The highest BCUT2D eigenvalue weighted by atomic mass is 35.5. The highest BCUT2D eigenvalue weighted by Gasteiger charge is 2.32. The zero-order valence-corrected chi connectivity index (χ0v) is 16.3. The number of halogens is 1. The average molecular weight is 406 g/mol. The van der Waals surface area contributed by atoms with Crippen molar-refractivity contribution in [1.29, 1.82) is 0 Å². The Balaban J connectivity index is 1.52. The van der Waals surface area contributed by atoms with E-state index in [1.807, 2.05) is 29.2 Å². The van der Waals surface area contributed by atoms with Gasteiger partial charge in [-0.15, -0.1) is 4.40 Å². The molecule has 0 aromatic heterocycles. The number of hydrogen-bond donors (Lipinski definition) is 0. The topological polar surface area (TPSA) is 70.0 Å². The number of rotatable bonds is 3. The molecule has 0 aliphatic carbocycles. The molecular weight excluding hydrogens is 386 g/mol.